The highest BCUT2D eigenvalue weighted by molar-refractivity contribution is 7.09. The van der Waals surface area contributed by atoms with E-state index in [1.807, 2.05) is 24.4 Å². The molecule has 2 heterocycles. The predicted molar refractivity (Wildman–Crippen MR) is 95.1 cm³/mol. The van der Waals surface area contributed by atoms with E-state index in [-0.39, 0.29) is 30.9 Å². The van der Waals surface area contributed by atoms with Crippen LogP contribution >= 0.6 is 11.3 Å². The molecule has 2 aromatic rings. The van der Waals surface area contributed by atoms with Crippen LogP contribution in [0.1, 0.15) is 27.7 Å². The first-order chi connectivity index (χ1) is 12.1. The number of carbonyl (C=O) groups excluding carboxylic acids is 3. The van der Waals surface area contributed by atoms with Gasteiger partial charge in [0.1, 0.15) is 0 Å². The minimum Gasteiger partial charge on any atom is -0.334 e. The van der Waals surface area contributed by atoms with Gasteiger partial charge in [0.2, 0.25) is 5.91 Å². The molecule has 1 saturated heterocycles. The van der Waals surface area contributed by atoms with Crippen LogP contribution in [0.4, 0.5) is 4.79 Å². The van der Waals surface area contributed by atoms with Gasteiger partial charge in [-0.2, -0.15) is 0 Å². The van der Waals surface area contributed by atoms with Crippen LogP contribution in [0.15, 0.2) is 41.8 Å². The van der Waals surface area contributed by atoms with Crippen LogP contribution in [0.5, 0.6) is 0 Å². The van der Waals surface area contributed by atoms with Crippen molar-refractivity contribution in [2.24, 2.45) is 0 Å². The van der Waals surface area contributed by atoms with Crippen LogP contribution < -0.4 is 5.32 Å². The van der Waals surface area contributed by atoms with Crippen LogP contribution in [0.2, 0.25) is 0 Å². The van der Waals surface area contributed by atoms with E-state index in [4.69, 9.17) is 0 Å². The maximum absolute atomic E-state index is 12.7. The number of rotatable bonds is 6. The topological polar surface area (TPSA) is 69.7 Å². The summed E-state index contributed by atoms with van der Waals surface area (Å²) in [4.78, 5) is 40.0. The zero-order valence-corrected chi connectivity index (χ0v) is 14.7. The van der Waals surface area contributed by atoms with E-state index < -0.39 is 0 Å². The minimum absolute atomic E-state index is 0.0301. The van der Waals surface area contributed by atoms with Gasteiger partial charge in [-0.25, -0.2) is 4.79 Å². The van der Waals surface area contributed by atoms with Gasteiger partial charge >= 0.3 is 6.03 Å². The lowest BCUT2D eigenvalue weighted by Crippen LogP contribution is -2.31. The number of amides is 4. The van der Waals surface area contributed by atoms with Gasteiger partial charge in [0.15, 0.2) is 0 Å². The lowest BCUT2D eigenvalue weighted by Gasteiger charge is -2.20. The highest BCUT2D eigenvalue weighted by atomic mass is 32.1. The van der Waals surface area contributed by atoms with Crippen molar-refractivity contribution in [1.29, 1.82) is 0 Å². The molecule has 1 aliphatic rings. The number of carbonyl (C=O) groups is 3. The summed E-state index contributed by atoms with van der Waals surface area (Å²) >= 11 is 1.63. The van der Waals surface area contributed by atoms with Crippen molar-refractivity contribution >= 4 is 29.2 Å². The molecule has 25 heavy (non-hydrogen) atoms. The van der Waals surface area contributed by atoms with Gasteiger partial charge in [0.25, 0.3) is 5.91 Å². The van der Waals surface area contributed by atoms with Crippen molar-refractivity contribution in [2.75, 3.05) is 13.1 Å². The molecule has 0 aliphatic carbocycles. The maximum atomic E-state index is 12.7. The van der Waals surface area contributed by atoms with Crippen LogP contribution in [-0.4, -0.2) is 40.7 Å². The van der Waals surface area contributed by atoms with Crippen molar-refractivity contribution in [3.05, 3.63) is 57.8 Å². The van der Waals surface area contributed by atoms with E-state index in [1.165, 1.54) is 4.90 Å². The zero-order valence-electron chi connectivity index (χ0n) is 13.9. The molecule has 0 saturated carbocycles. The first-order valence-electron chi connectivity index (χ1n) is 8.07. The second kappa shape index (κ2) is 7.48. The first kappa shape index (κ1) is 17.2. The zero-order chi connectivity index (χ0) is 17.8. The molecule has 3 rings (SSSR count). The van der Waals surface area contributed by atoms with E-state index >= 15 is 0 Å². The van der Waals surface area contributed by atoms with Gasteiger partial charge in [0.05, 0.1) is 19.6 Å². The molecule has 0 unspecified atom stereocenters. The fraction of sp³-hybridized carbons (Fsp3) is 0.278. The number of urea groups is 1. The van der Waals surface area contributed by atoms with E-state index in [0.717, 1.165) is 10.4 Å². The van der Waals surface area contributed by atoms with Gasteiger partial charge in [-0.05, 0) is 36.1 Å². The molecule has 1 aromatic carbocycles. The predicted octanol–water partition coefficient (Wildman–Crippen LogP) is 2.46. The molecule has 6 nitrogen and oxygen atoms in total. The Morgan fingerprint density at radius 1 is 1.24 bits per heavy atom. The van der Waals surface area contributed by atoms with Gasteiger partial charge in [-0.3, -0.25) is 14.5 Å². The highest BCUT2D eigenvalue weighted by Gasteiger charge is 2.28. The quantitative estimate of drug-likeness (QED) is 0.808. The summed E-state index contributed by atoms with van der Waals surface area (Å²) in [6, 6.07) is 10.7. The molecular formula is C18H19N3O3S. The van der Waals surface area contributed by atoms with Crippen LogP contribution in [0.3, 0.4) is 0 Å². The maximum Gasteiger partial charge on any atom is 0.324 e. The average molecular weight is 357 g/mol. The summed E-state index contributed by atoms with van der Waals surface area (Å²) in [7, 11) is 0. The molecule has 1 aromatic heterocycles. The molecule has 1 fully saturated rings. The molecular weight excluding hydrogens is 338 g/mol. The Balaban J connectivity index is 1.67. The Hall–Kier alpha value is -2.67. The summed E-state index contributed by atoms with van der Waals surface area (Å²) in [6.07, 6.45) is 0. The Morgan fingerprint density at radius 2 is 2.00 bits per heavy atom. The Labute approximate surface area is 150 Å². The third kappa shape index (κ3) is 3.88. The number of nitrogens with zero attached hydrogens (tertiary/aromatic N) is 2. The third-order valence-electron chi connectivity index (χ3n) is 4.07. The lowest BCUT2D eigenvalue weighted by molar-refractivity contribution is -0.125. The van der Waals surface area contributed by atoms with Gasteiger partial charge in [-0.1, -0.05) is 18.2 Å². The normalized spacial score (nSPS) is 13.9. The largest absolute Gasteiger partial charge is 0.334 e. The van der Waals surface area contributed by atoms with E-state index in [9.17, 15) is 14.4 Å². The summed E-state index contributed by atoms with van der Waals surface area (Å²) in [6.45, 7) is 3.44. The standard InChI is InChI=1S/C18H19N3O3S/c1-2-20(12-15-4-3-9-25-15)17(23)14-7-5-13(6-8-14)11-21-16(22)10-19-18(21)24/h3-9H,2,10-12H2,1H3,(H,19,24). The Bertz CT molecular complexity index is 755. The highest BCUT2D eigenvalue weighted by Crippen LogP contribution is 2.16. The van der Waals surface area contributed by atoms with Gasteiger partial charge < -0.3 is 10.2 Å². The average Bonchev–Trinajstić information content (AvgIpc) is 3.25. The summed E-state index contributed by atoms with van der Waals surface area (Å²) in [5.41, 5.74) is 1.41. The first-order valence-corrected chi connectivity index (χ1v) is 8.95. The fourth-order valence-corrected chi connectivity index (χ4v) is 3.37. The second-order valence-electron chi connectivity index (χ2n) is 5.73. The number of hydrogen-bond acceptors (Lipinski definition) is 4. The van der Waals surface area contributed by atoms with Gasteiger partial charge in [0, 0.05) is 17.0 Å². The van der Waals surface area contributed by atoms with Crippen molar-refractivity contribution in [3.63, 3.8) is 0 Å². The number of hydrogen-bond donors (Lipinski definition) is 1. The molecule has 0 spiro atoms. The number of nitrogens with one attached hydrogen (secondary N) is 1. The summed E-state index contributed by atoms with van der Waals surface area (Å²) in [5.74, 6) is -0.268. The van der Waals surface area contributed by atoms with Gasteiger partial charge in [-0.15, -0.1) is 11.3 Å². The molecule has 130 valence electrons. The van der Waals surface area contributed by atoms with Crippen molar-refractivity contribution in [3.8, 4) is 0 Å². The molecule has 1 N–H and O–H groups in total. The SMILES string of the molecule is CCN(Cc1cccs1)C(=O)c1ccc(CN2C(=O)CNC2=O)cc1. The summed E-state index contributed by atoms with van der Waals surface area (Å²) in [5, 5.41) is 4.49. The Kier molecular flexibility index (Phi) is 5.14. The smallest absolute Gasteiger partial charge is 0.324 e. The number of thiophene rings is 1. The fourth-order valence-electron chi connectivity index (χ4n) is 2.65. The number of imide groups is 1. The molecule has 7 heteroatoms. The van der Waals surface area contributed by atoms with Crippen LogP contribution in [0, 0.1) is 0 Å². The van der Waals surface area contributed by atoms with Crippen molar-refractivity contribution < 1.29 is 14.4 Å². The van der Waals surface area contributed by atoms with E-state index in [0.29, 0.717) is 18.7 Å². The molecule has 1 aliphatic heterocycles. The van der Waals surface area contributed by atoms with Crippen molar-refractivity contribution in [1.82, 2.24) is 15.1 Å². The second-order valence-corrected chi connectivity index (χ2v) is 6.77. The number of benzene rings is 1. The molecule has 0 bridgehead atoms. The molecule has 0 atom stereocenters. The summed E-state index contributed by atoms with van der Waals surface area (Å²) < 4.78 is 0. The molecule has 4 amide bonds. The van der Waals surface area contributed by atoms with Crippen molar-refractivity contribution in [2.45, 2.75) is 20.0 Å². The minimum atomic E-state index is -0.377. The Morgan fingerprint density at radius 3 is 2.56 bits per heavy atom. The molecule has 0 radical (unpaired) electrons. The lowest BCUT2D eigenvalue weighted by atomic mass is 10.1. The van der Waals surface area contributed by atoms with E-state index in [1.54, 1.807) is 40.5 Å². The third-order valence-corrected chi connectivity index (χ3v) is 4.94. The monoisotopic (exact) mass is 357 g/mol. The van der Waals surface area contributed by atoms with E-state index in [2.05, 4.69) is 5.32 Å². The van der Waals surface area contributed by atoms with Crippen LogP contribution in [0.25, 0.3) is 0 Å². The van der Waals surface area contributed by atoms with Crippen LogP contribution in [-0.2, 0) is 17.9 Å².